The van der Waals surface area contributed by atoms with Crippen LogP contribution in [0.15, 0.2) is 36.7 Å². The first-order valence-corrected chi connectivity index (χ1v) is 5.35. The number of pyridine rings is 1. The monoisotopic (exact) mass is 223 g/mol. The Morgan fingerprint density at radius 1 is 1.29 bits per heavy atom. The van der Waals surface area contributed by atoms with E-state index in [9.17, 15) is 5.26 Å². The predicted octanol–water partition coefficient (Wildman–Crippen LogP) is 2.64. The minimum Gasteiger partial charge on any atom is -0.383 e. The maximum absolute atomic E-state index is 9.26. The number of nitrogens with zero attached hydrogens (tertiary/aromatic N) is 3. The first kappa shape index (κ1) is 11.2. The number of nitriles is 1. The largest absolute Gasteiger partial charge is 0.383 e. The molecule has 17 heavy (non-hydrogen) atoms. The van der Waals surface area contributed by atoms with Crippen molar-refractivity contribution in [1.29, 1.82) is 5.26 Å². The molecule has 0 atom stereocenters. The third-order valence-electron chi connectivity index (χ3n) is 2.47. The average molecular weight is 223 g/mol. The second kappa shape index (κ2) is 4.67. The van der Waals surface area contributed by atoms with Gasteiger partial charge in [0, 0.05) is 31.2 Å². The molecule has 3 heteroatoms. The van der Waals surface area contributed by atoms with Crippen LogP contribution in [0.2, 0.25) is 0 Å². The van der Waals surface area contributed by atoms with Crippen LogP contribution in [0.1, 0.15) is 11.1 Å². The molecule has 84 valence electrons. The van der Waals surface area contributed by atoms with Gasteiger partial charge in [-0.15, -0.1) is 0 Å². The number of para-hydroxylation sites is 1. The minimum absolute atomic E-state index is 0.675. The lowest BCUT2D eigenvalue weighted by Crippen LogP contribution is -2.00. The Morgan fingerprint density at radius 2 is 2.06 bits per heavy atom. The molecule has 3 nitrogen and oxygen atoms in total. The molecule has 0 fully saturated rings. The molecule has 0 aliphatic carbocycles. The Hall–Kier alpha value is -2.34. The Bertz CT molecular complexity index is 606. The van der Waals surface area contributed by atoms with E-state index >= 15 is 0 Å². The van der Waals surface area contributed by atoms with Crippen LogP contribution < -0.4 is 0 Å². The summed E-state index contributed by atoms with van der Waals surface area (Å²) >= 11 is 0. The van der Waals surface area contributed by atoms with Crippen molar-refractivity contribution in [2.45, 2.75) is 0 Å². The van der Waals surface area contributed by atoms with E-state index in [0.717, 1.165) is 16.5 Å². The maximum atomic E-state index is 9.26. The molecule has 0 amide bonds. The van der Waals surface area contributed by atoms with Crippen LogP contribution in [0.4, 0.5) is 0 Å². The van der Waals surface area contributed by atoms with Gasteiger partial charge in [0.1, 0.15) is 6.07 Å². The highest BCUT2D eigenvalue weighted by Gasteiger charge is 2.05. The van der Waals surface area contributed by atoms with E-state index < -0.39 is 0 Å². The molecule has 0 saturated carbocycles. The lowest BCUT2D eigenvalue weighted by Gasteiger charge is -2.05. The van der Waals surface area contributed by atoms with E-state index in [1.807, 2.05) is 55.5 Å². The van der Waals surface area contributed by atoms with Crippen molar-refractivity contribution in [1.82, 2.24) is 9.88 Å². The quantitative estimate of drug-likeness (QED) is 0.785. The van der Waals surface area contributed by atoms with Crippen molar-refractivity contribution in [3.05, 3.63) is 47.8 Å². The van der Waals surface area contributed by atoms with Crippen LogP contribution in [0.5, 0.6) is 0 Å². The zero-order valence-electron chi connectivity index (χ0n) is 9.88. The van der Waals surface area contributed by atoms with Gasteiger partial charge in [0.25, 0.3) is 0 Å². The van der Waals surface area contributed by atoms with Crippen molar-refractivity contribution in [2.75, 3.05) is 14.1 Å². The second-order valence-electron chi connectivity index (χ2n) is 4.00. The first-order chi connectivity index (χ1) is 8.22. The van der Waals surface area contributed by atoms with Crippen molar-refractivity contribution in [2.24, 2.45) is 0 Å². The molecule has 0 aliphatic rings. The lowest BCUT2D eigenvalue weighted by molar-refractivity contribution is 0.567. The summed E-state index contributed by atoms with van der Waals surface area (Å²) in [5, 5.41) is 10.2. The van der Waals surface area contributed by atoms with E-state index in [2.05, 4.69) is 11.1 Å². The molecule has 0 aliphatic heterocycles. The van der Waals surface area contributed by atoms with Crippen LogP contribution in [0, 0.1) is 11.3 Å². The normalized spacial score (nSPS) is 10.6. The van der Waals surface area contributed by atoms with E-state index in [-0.39, 0.29) is 0 Å². The molecule has 0 bridgehead atoms. The molecule has 1 aromatic heterocycles. The van der Waals surface area contributed by atoms with Gasteiger partial charge in [0.2, 0.25) is 0 Å². The lowest BCUT2D eigenvalue weighted by atomic mass is 10.0. The van der Waals surface area contributed by atoms with E-state index in [1.165, 1.54) is 0 Å². The third kappa shape index (κ3) is 2.26. The smallest absolute Gasteiger partial charge is 0.101 e. The number of hydrogen-bond donors (Lipinski definition) is 0. The Kier molecular flexibility index (Phi) is 3.06. The topological polar surface area (TPSA) is 39.9 Å². The molecule has 1 heterocycles. The van der Waals surface area contributed by atoms with Crippen molar-refractivity contribution in [3.63, 3.8) is 0 Å². The van der Waals surface area contributed by atoms with E-state index in [0.29, 0.717) is 5.56 Å². The second-order valence-corrected chi connectivity index (χ2v) is 4.00. The van der Waals surface area contributed by atoms with Crippen molar-refractivity contribution < 1.29 is 0 Å². The first-order valence-electron chi connectivity index (χ1n) is 5.35. The van der Waals surface area contributed by atoms with Crippen LogP contribution in [-0.4, -0.2) is 24.0 Å². The van der Waals surface area contributed by atoms with Gasteiger partial charge in [-0.05, 0) is 18.3 Å². The summed E-state index contributed by atoms with van der Waals surface area (Å²) in [5.41, 5.74) is 2.37. The molecule has 1 aromatic carbocycles. The number of rotatable bonds is 2. The fourth-order valence-electron chi connectivity index (χ4n) is 1.64. The zero-order valence-corrected chi connectivity index (χ0v) is 9.88. The van der Waals surface area contributed by atoms with Crippen LogP contribution >= 0.6 is 0 Å². The molecule has 0 spiro atoms. The van der Waals surface area contributed by atoms with Gasteiger partial charge in [0.15, 0.2) is 0 Å². The Morgan fingerprint density at radius 3 is 2.76 bits per heavy atom. The van der Waals surface area contributed by atoms with E-state index in [4.69, 9.17) is 0 Å². The fraction of sp³-hybridized carbons (Fsp3) is 0.143. The fourth-order valence-corrected chi connectivity index (χ4v) is 1.64. The number of benzene rings is 1. The molecular weight excluding hydrogens is 210 g/mol. The number of aromatic nitrogens is 1. The average Bonchev–Trinajstić information content (AvgIpc) is 2.35. The summed E-state index contributed by atoms with van der Waals surface area (Å²) in [5.74, 6) is 0. The SMILES string of the molecule is CN(C)/C=C/c1cnc2ccccc2c1C#N. The van der Waals surface area contributed by atoms with Gasteiger partial charge in [-0.1, -0.05) is 18.2 Å². The standard InChI is InChI=1S/C14H13N3/c1-17(2)8-7-11-10-16-14-6-4-3-5-12(14)13(11)9-15/h3-8,10H,1-2H3/b8-7+. The number of hydrogen-bond acceptors (Lipinski definition) is 3. The van der Waals surface area contributed by atoms with Crippen LogP contribution in [0.3, 0.4) is 0 Å². The van der Waals surface area contributed by atoms with Gasteiger partial charge in [-0.25, -0.2) is 0 Å². The van der Waals surface area contributed by atoms with Crippen LogP contribution in [-0.2, 0) is 0 Å². The highest BCUT2D eigenvalue weighted by molar-refractivity contribution is 5.87. The zero-order chi connectivity index (χ0) is 12.3. The van der Waals surface area contributed by atoms with Gasteiger partial charge < -0.3 is 4.90 Å². The van der Waals surface area contributed by atoms with Gasteiger partial charge in [0.05, 0.1) is 11.1 Å². The Labute approximate surface area is 101 Å². The van der Waals surface area contributed by atoms with Crippen molar-refractivity contribution in [3.8, 4) is 6.07 Å². The third-order valence-corrected chi connectivity index (χ3v) is 2.47. The molecule has 2 rings (SSSR count). The number of fused-ring (bicyclic) bond motifs is 1. The summed E-state index contributed by atoms with van der Waals surface area (Å²) in [6.07, 6.45) is 5.55. The van der Waals surface area contributed by atoms with E-state index in [1.54, 1.807) is 6.20 Å². The summed E-state index contributed by atoms with van der Waals surface area (Å²) in [6, 6.07) is 9.93. The van der Waals surface area contributed by atoms with Gasteiger partial charge >= 0.3 is 0 Å². The summed E-state index contributed by atoms with van der Waals surface area (Å²) in [7, 11) is 3.88. The van der Waals surface area contributed by atoms with Gasteiger partial charge in [-0.3, -0.25) is 4.98 Å². The van der Waals surface area contributed by atoms with Crippen molar-refractivity contribution >= 4 is 17.0 Å². The summed E-state index contributed by atoms with van der Waals surface area (Å²) in [6.45, 7) is 0. The molecule has 0 N–H and O–H groups in total. The molecule has 0 radical (unpaired) electrons. The molecule has 0 saturated heterocycles. The predicted molar refractivity (Wildman–Crippen MR) is 69.2 cm³/mol. The minimum atomic E-state index is 0.675. The highest BCUT2D eigenvalue weighted by Crippen LogP contribution is 2.20. The van der Waals surface area contributed by atoms with Crippen LogP contribution in [0.25, 0.3) is 17.0 Å². The molecule has 0 unspecified atom stereocenters. The van der Waals surface area contributed by atoms with Gasteiger partial charge in [-0.2, -0.15) is 5.26 Å². The molecular formula is C14H13N3. The summed E-state index contributed by atoms with van der Waals surface area (Å²) < 4.78 is 0. The maximum Gasteiger partial charge on any atom is 0.101 e. The Balaban J connectivity index is 2.62. The highest BCUT2D eigenvalue weighted by atomic mass is 15.0. The molecule has 2 aromatic rings. The summed E-state index contributed by atoms with van der Waals surface area (Å²) in [4.78, 5) is 6.27.